The van der Waals surface area contributed by atoms with Gasteiger partial charge < -0.3 is 59.8 Å². The van der Waals surface area contributed by atoms with Crippen LogP contribution >= 0.6 is 0 Å². The summed E-state index contributed by atoms with van der Waals surface area (Å²) in [7, 11) is 0. The van der Waals surface area contributed by atoms with Gasteiger partial charge in [-0.15, -0.1) is 0 Å². The molecule has 16 nitrogen and oxygen atoms in total. The van der Waals surface area contributed by atoms with Gasteiger partial charge in [0.25, 0.3) is 0 Å². The molecule has 76 heavy (non-hydrogen) atoms. The molecule has 0 fully saturated rings. The van der Waals surface area contributed by atoms with Crippen molar-refractivity contribution in [3.63, 3.8) is 0 Å². The average Bonchev–Trinajstić information content (AvgIpc) is 4.37. The molecule has 10 heterocycles. The Morgan fingerprint density at radius 3 is 0.526 bits per heavy atom. The summed E-state index contributed by atoms with van der Waals surface area (Å²) >= 11 is 0. The number of aromatic nitrogens is 16. The number of rotatable bonds is 0. The van der Waals surface area contributed by atoms with Crippen LogP contribution < -0.4 is 19.9 Å². The fraction of sp³-hybridized carbons (Fsp3) is 0. The summed E-state index contributed by atoms with van der Waals surface area (Å²) < 4.78 is 0. The summed E-state index contributed by atoms with van der Waals surface area (Å²) in [6.45, 7) is 0. The van der Waals surface area contributed by atoms with E-state index in [4.69, 9.17) is 79.7 Å². The van der Waals surface area contributed by atoms with Gasteiger partial charge in [0.1, 0.15) is 0 Å². The summed E-state index contributed by atoms with van der Waals surface area (Å²) in [5.74, 6) is 3.64. The van der Waals surface area contributed by atoms with Gasteiger partial charge in [-0.25, -0.2) is 19.9 Å². The van der Waals surface area contributed by atoms with Gasteiger partial charge in [0.05, 0.1) is 46.6 Å². The molecule has 0 amide bonds. The van der Waals surface area contributed by atoms with E-state index in [1.807, 2.05) is 158 Å². The van der Waals surface area contributed by atoms with Crippen molar-refractivity contribution in [2.45, 2.75) is 0 Å². The molecule has 354 valence electrons. The molecule has 0 saturated carbocycles. The molecule has 7 aromatic carbocycles. The van der Waals surface area contributed by atoms with E-state index >= 15 is 0 Å². The summed E-state index contributed by atoms with van der Waals surface area (Å²) in [5, 5.41) is 6.08. The summed E-state index contributed by atoms with van der Waals surface area (Å²) in [5.41, 5.74) is 9.94. The molecule has 0 N–H and O–H groups in total. The van der Waals surface area contributed by atoms with E-state index in [0.717, 1.165) is 66.1 Å². The second-order valence-corrected chi connectivity index (χ2v) is 18.2. The van der Waals surface area contributed by atoms with Crippen LogP contribution in [0.25, 0.3) is 179 Å². The van der Waals surface area contributed by atoms with Crippen molar-refractivity contribution in [2.75, 3.05) is 0 Å². The van der Waals surface area contributed by atoms with E-state index in [0.29, 0.717) is 113 Å². The van der Waals surface area contributed by atoms with Crippen LogP contribution in [0.2, 0.25) is 0 Å². The van der Waals surface area contributed by atoms with Gasteiger partial charge in [-0.05, 0) is 55.2 Å². The fourth-order valence-electron chi connectivity index (χ4n) is 10.5. The zero-order chi connectivity index (χ0) is 48.2. The molecule has 0 saturated heterocycles. The number of nitrogens with zero attached hydrogens (tertiary/aromatic N) is 16. The smallest absolute Gasteiger partial charge is 0.357 e. The van der Waals surface area contributed by atoms with E-state index in [-0.39, 0.29) is 34.1 Å². The van der Waals surface area contributed by atoms with Crippen molar-refractivity contribution in [2.24, 2.45) is 0 Å². The first-order valence-electron chi connectivity index (χ1n) is 23.8. The van der Waals surface area contributed by atoms with E-state index in [1.54, 1.807) is 0 Å². The van der Waals surface area contributed by atoms with Gasteiger partial charge in [0, 0.05) is 89.7 Å². The van der Waals surface area contributed by atoms with Crippen molar-refractivity contribution in [3.05, 3.63) is 158 Å². The third-order valence-corrected chi connectivity index (χ3v) is 14.0. The van der Waals surface area contributed by atoms with Gasteiger partial charge >= 0.3 is 34.1 Å². The first kappa shape index (κ1) is 43.8. The maximum Gasteiger partial charge on any atom is 2.00 e. The molecule has 0 aliphatic carbocycles. The van der Waals surface area contributed by atoms with E-state index in [9.17, 15) is 0 Å². The van der Waals surface area contributed by atoms with Crippen molar-refractivity contribution < 1.29 is 34.1 Å². The van der Waals surface area contributed by atoms with Crippen LogP contribution in [-0.2, 0) is 34.1 Å². The van der Waals surface area contributed by atoms with Crippen LogP contribution in [0.15, 0.2) is 158 Å². The third kappa shape index (κ3) is 6.42. The predicted molar refractivity (Wildman–Crippen MR) is 282 cm³/mol. The summed E-state index contributed by atoms with van der Waals surface area (Å²) in [6.07, 6.45) is 0. The molecule has 4 aliphatic heterocycles. The Morgan fingerprint density at radius 1 is 0.184 bits per heavy atom. The molecule has 18 heteroatoms. The fourth-order valence-corrected chi connectivity index (χ4v) is 10.5. The number of hydrogen-bond donors (Lipinski definition) is 0. The Hall–Kier alpha value is -9.70. The largest absolute Gasteiger partial charge is 2.00 e. The van der Waals surface area contributed by atoms with Crippen molar-refractivity contribution in [1.82, 2.24) is 79.7 Å². The van der Waals surface area contributed by atoms with Gasteiger partial charge in [0.2, 0.25) is 0 Å². The number of hydrogen-bond acceptors (Lipinski definition) is 12. The Labute approximate surface area is 448 Å². The van der Waals surface area contributed by atoms with Crippen molar-refractivity contribution in [3.8, 4) is 91.1 Å². The van der Waals surface area contributed by atoms with E-state index < -0.39 is 0 Å². The molecular formula is C58H26Fe2N16. The van der Waals surface area contributed by atoms with Crippen LogP contribution in [0.3, 0.4) is 0 Å². The minimum atomic E-state index is 0. The zero-order valence-electron chi connectivity index (χ0n) is 38.9. The second kappa shape index (κ2) is 16.4. The Kier molecular flexibility index (Phi) is 9.46. The van der Waals surface area contributed by atoms with Crippen LogP contribution in [0.5, 0.6) is 0 Å². The zero-order valence-corrected chi connectivity index (χ0v) is 41.1. The maximum absolute atomic E-state index is 5.26. The summed E-state index contributed by atoms with van der Waals surface area (Å²) in [6, 6.07) is 51.5. The van der Waals surface area contributed by atoms with Gasteiger partial charge in [0.15, 0.2) is 0 Å². The predicted octanol–water partition coefficient (Wildman–Crippen LogP) is 10.6. The molecule has 17 rings (SSSR count). The third-order valence-electron chi connectivity index (χ3n) is 14.0. The van der Waals surface area contributed by atoms with Crippen LogP contribution in [0, 0.1) is 0 Å². The SMILES string of the molecule is [Fe+2].[Fe+2].c1ccc2c(c1)-c1nc-2nc2[n-]c(nc3nc(nc4[n-]c(n1)c1ccccc41)-c1ccccc1-3)c1cc3c4nc5nc(nc6[n-]c(nc7nc(nc([n-]4)c3cc21)-c1ccccc1-7)c1ccccc61)-c1ccccc1-5. The molecule has 0 atom stereocenters. The Balaban J connectivity index is 0.00000253. The molecule has 4 aliphatic rings. The van der Waals surface area contributed by atoms with Crippen LogP contribution in [0.4, 0.5) is 0 Å². The normalized spacial score (nSPS) is 12.0. The molecule has 13 aromatic rings. The minimum Gasteiger partial charge on any atom is -0.357 e. The standard InChI is InChI=1S/C58H26N16.2Fe/c1-2-14-28-27(13-1)43-59-44(28)62-48-32-18-6-10-22-36(32)52(66-48)70-56-40-26-42-41(25-39(40)55(73-56)69-51-35-21-9-5-17-31(35)47(61-43)65-51)57-71-53-37-23-11-7-19-33(37)49(67-53)63-45-29-15-3-4-16-30(29)46(60-45)64-50-34-20-8-12-24-38(34)54(68-50)72-58(42)74-57;;/h1-26H;;/q-4;2*+2. The van der Waals surface area contributed by atoms with E-state index in [2.05, 4.69) is 0 Å². The second-order valence-electron chi connectivity index (χ2n) is 18.2. The maximum atomic E-state index is 5.26. The summed E-state index contributed by atoms with van der Waals surface area (Å²) in [4.78, 5) is 82.2. The Morgan fingerprint density at radius 2 is 0.342 bits per heavy atom. The topological polar surface area (TPSA) is 211 Å². The van der Waals surface area contributed by atoms with Crippen molar-refractivity contribution in [1.29, 1.82) is 0 Å². The first-order valence-corrected chi connectivity index (χ1v) is 23.8. The first-order chi connectivity index (χ1) is 36.6. The van der Waals surface area contributed by atoms with Crippen LogP contribution in [-0.4, -0.2) is 59.8 Å². The van der Waals surface area contributed by atoms with E-state index in [1.165, 1.54) is 0 Å². The molecule has 16 bridgehead atoms. The van der Waals surface area contributed by atoms with Crippen molar-refractivity contribution >= 4 is 88.3 Å². The van der Waals surface area contributed by atoms with Gasteiger partial charge in [-0.2, -0.15) is 0 Å². The van der Waals surface area contributed by atoms with Gasteiger partial charge in [-0.3, -0.25) is 0 Å². The molecule has 6 aromatic heterocycles. The minimum absolute atomic E-state index is 0. The molecule has 0 spiro atoms. The monoisotopic (exact) mass is 1060 g/mol. The molecular weight excluding hydrogens is 1030 g/mol. The Bertz CT molecular complexity index is 4460. The van der Waals surface area contributed by atoms with Gasteiger partial charge in [-0.1, -0.05) is 146 Å². The quantitative estimate of drug-likeness (QED) is 0.129. The molecule has 0 unspecified atom stereocenters. The average molecular weight is 1060 g/mol. The number of fused-ring (bicyclic) bond motifs is 40. The molecule has 0 radical (unpaired) electrons. The number of benzene rings is 7. The van der Waals surface area contributed by atoms with Crippen LogP contribution in [0.1, 0.15) is 0 Å².